The molecule has 1 nitrogen and oxygen atoms in total. The molecule has 78 valence electrons. The Morgan fingerprint density at radius 2 is 2.00 bits per heavy atom. The molecule has 0 radical (unpaired) electrons. The van der Waals surface area contributed by atoms with Crippen LogP contribution < -0.4 is 4.74 Å². The third kappa shape index (κ3) is 2.32. The molecule has 0 N–H and O–H groups in total. The Morgan fingerprint density at radius 1 is 1.36 bits per heavy atom. The maximum Gasteiger partial charge on any atom is 0.416 e. The van der Waals surface area contributed by atoms with Gasteiger partial charge in [0.15, 0.2) is 0 Å². The summed E-state index contributed by atoms with van der Waals surface area (Å²) in [6.45, 7) is 0. The molecule has 0 atom stereocenters. The highest BCUT2D eigenvalue weighted by Gasteiger charge is 2.30. The Kier molecular flexibility index (Phi) is 3.26. The van der Waals surface area contributed by atoms with Crippen molar-refractivity contribution in [2.24, 2.45) is 0 Å². The van der Waals surface area contributed by atoms with E-state index in [1.54, 1.807) is 0 Å². The Hall–Kier alpha value is -0.900. The fraction of sp³-hybridized carbons (Fsp3) is 0.333. The Bertz CT molecular complexity index is 322. The third-order valence-corrected chi connectivity index (χ3v) is 2.04. The minimum Gasteiger partial charge on any atom is -0.496 e. The number of halogens is 4. The van der Waals surface area contributed by atoms with Gasteiger partial charge in [-0.1, -0.05) is 0 Å². The molecular weight excluding hydrogens is 217 g/mol. The molecule has 0 unspecified atom stereocenters. The molecule has 0 amide bonds. The van der Waals surface area contributed by atoms with Crippen molar-refractivity contribution in [3.8, 4) is 5.75 Å². The van der Waals surface area contributed by atoms with Gasteiger partial charge in [0.05, 0.1) is 18.6 Å². The van der Waals surface area contributed by atoms with Gasteiger partial charge in [0.2, 0.25) is 0 Å². The zero-order valence-corrected chi connectivity index (χ0v) is 8.12. The number of rotatable bonds is 2. The van der Waals surface area contributed by atoms with E-state index in [1.807, 2.05) is 0 Å². The maximum atomic E-state index is 12.3. The molecule has 5 heteroatoms. The zero-order chi connectivity index (χ0) is 10.8. The second-order valence-electron chi connectivity index (χ2n) is 2.66. The highest BCUT2D eigenvalue weighted by Crippen LogP contribution is 2.32. The number of hydrogen-bond acceptors (Lipinski definition) is 1. The van der Waals surface area contributed by atoms with Crippen molar-refractivity contribution < 1.29 is 17.9 Å². The van der Waals surface area contributed by atoms with Crippen LogP contribution >= 0.6 is 11.6 Å². The molecule has 0 fully saturated rings. The Balaban J connectivity index is 3.14. The number of alkyl halides is 4. The summed E-state index contributed by atoms with van der Waals surface area (Å²) in [7, 11) is 1.39. The standard InChI is InChI=1S/C9H8ClF3O/c1-14-8-3-2-7(9(11,12)13)4-6(8)5-10/h2-4H,5H2,1H3. The summed E-state index contributed by atoms with van der Waals surface area (Å²) in [5.74, 6) is 0.362. The highest BCUT2D eigenvalue weighted by molar-refractivity contribution is 6.17. The van der Waals surface area contributed by atoms with E-state index in [9.17, 15) is 13.2 Å². The quantitative estimate of drug-likeness (QED) is 0.699. The molecular formula is C9H8ClF3O. The van der Waals surface area contributed by atoms with Gasteiger partial charge >= 0.3 is 6.18 Å². The number of benzene rings is 1. The average Bonchev–Trinajstić information content (AvgIpc) is 2.15. The van der Waals surface area contributed by atoms with E-state index in [4.69, 9.17) is 16.3 Å². The van der Waals surface area contributed by atoms with Gasteiger partial charge in [-0.2, -0.15) is 13.2 Å². The van der Waals surface area contributed by atoms with Gasteiger partial charge in [0.25, 0.3) is 0 Å². The second kappa shape index (κ2) is 4.09. The Morgan fingerprint density at radius 3 is 2.43 bits per heavy atom. The van der Waals surface area contributed by atoms with Crippen molar-refractivity contribution >= 4 is 11.6 Å². The summed E-state index contributed by atoms with van der Waals surface area (Å²) in [5, 5.41) is 0. The molecule has 0 aliphatic rings. The summed E-state index contributed by atoms with van der Waals surface area (Å²) in [4.78, 5) is 0. The molecule has 0 spiro atoms. The van der Waals surface area contributed by atoms with Crippen LogP contribution in [-0.4, -0.2) is 7.11 Å². The average molecular weight is 225 g/mol. The molecule has 0 heterocycles. The summed E-state index contributed by atoms with van der Waals surface area (Å²) in [5.41, 5.74) is -0.377. The molecule has 0 aliphatic carbocycles. The van der Waals surface area contributed by atoms with E-state index in [1.165, 1.54) is 13.2 Å². The summed E-state index contributed by atoms with van der Waals surface area (Å²) >= 11 is 5.49. The first-order valence-electron chi connectivity index (χ1n) is 3.79. The lowest BCUT2D eigenvalue weighted by molar-refractivity contribution is -0.137. The van der Waals surface area contributed by atoms with Gasteiger partial charge < -0.3 is 4.74 Å². The molecule has 1 rings (SSSR count). The fourth-order valence-corrected chi connectivity index (χ4v) is 1.27. The lowest BCUT2D eigenvalue weighted by Gasteiger charge is -2.10. The van der Waals surface area contributed by atoms with Crippen molar-refractivity contribution in [3.63, 3.8) is 0 Å². The van der Waals surface area contributed by atoms with Crippen LogP contribution in [0.1, 0.15) is 11.1 Å². The fourth-order valence-electron chi connectivity index (χ4n) is 1.06. The van der Waals surface area contributed by atoms with Crippen LogP contribution in [0.2, 0.25) is 0 Å². The molecule has 0 aromatic heterocycles. The van der Waals surface area contributed by atoms with Gasteiger partial charge in [0, 0.05) is 5.56 Å². The van der Waals surface area contributed by atoms with E-state index in [-0.39, 0.29) is 5.88 Å². The van der Waals surface area contributed by atoms with Crippen LogP contribution in [-0.2, 0) is 12.1 Å². The summed E-state index contributed by atoms with van der Waals surface area (Å²) in [6, 6.07) is 3.22. The largest absolute Gasteiger partial charge is 0.496 e. The summed E-state index contributed by atoms with van der Waals surface area (Å²) < 4.78 is 41.6. The predicted molar refractivity (Wildman–Crippen MR) is 47.6 cm³/mol. The topological polar surface area (TPSA) is 9.23 Å². The normalized spacial score (nSPS) is 11.5. The maximum absolute atomic E-state index is 12.3. The molecule has 0 saturated heterocycles. The van der Waals surface area contributed by atoms with Crippen molar-refractivity contribution in [1.82, 2.24) is 0 Å². The molecule has 14 heavy (non-hydrogen) atoms. The molecule has 0 saturated carbocycles. The molecule has 0 aliphatic heterocycles. The van der Waals surface area contributed by atoms with Crippen molar-refractivity contribution in [2.75, 3.05) is 7.11 Å². The van der Waals surface area contributed by atoms with Gasteiger partial charge in [-0.25, -0.2) is 0 Å². The summed E-state index contributed by atoms with van der Waals surface area (Å²) in [6.07, 6.45) is -4.34. The molecule has 0 bridgehead atoms. The van der Waals surface area contributed by atoms with Gasteiger partial charge in [0.1, 0.15) is 5.75 Å². The zero-order valence-electron chi connectivity index (χ0n) is 7.36. The van der Waals surface area contributed by atoms with E-state index in [0.717, 1.165) is 12.1 Å². The second-order valence-corrected chi connectivity index (χ2v) is 2.93. The smallest absolute Gasteiger partial charge is 0.416 e. The Labute approximate surface area is 84.4 Å². The molecule has 1 aromatic rings. The van der Waals surface area contributed by atoms with E-state index < -0.39 is 11.7 Å². The lowest BCUT2D eigenvalue weighted by atomic mass is 10.1. The van der Waals surface area contributed by atoms with Crippen LogP contribution in [0.4, 0.5) is 13.2 Å². The minimum atomic E-state index is -4.34. The lowest BCUT2D eigenvalue weighted by Crippen LogP contribution is -2.05. The monoisotopic (exact) mass is 224 g/mol. The van der Waals surface area contributed by atoms with Crippen molar-refractivity contribution in [3.05, 3.63) is 29.3 Å². The first-order valence-corrected chi connectivity index (χ1v) is 4.32. The number of methoxy groups -OCH3 is 1. The first kappa shape index (κ1) is 11.2. The van der Waals surface area contributed by atoms with Crippen LogP contribution in [0, 0.1) is 0 Å². The van der Waals surface area contributed by atoms with Gasteiger partial charge in [-0.15, -0.1) is 11.6 Å². The van der Waals surface area contributed by atoms with Gasteiger partial charge in [-0.3, -0.25) is 0 Å². The number of ether oxygens (including phenoxy) is 1. The highest BCUT2D eigenvalue weighted by atomic mass is 35.5. The van der Waals surface area contributed by atoms with Crippen LogP contribution in [0.15, 0.2) is 18.2 Å². The SMILES string of the molecule is COc1ccc(C(F)(F)F)cc1CCl. The van der Waals surface area contributed by atoms with E-state index in [0.29, 0.717) is 11.3 Å². The van der Waals surface area contributed by atoms with E-state index in [2.05, 4.69) is 0 Å². The number of hydrogen-bond donors (Lipinski definition) is 0. The molecule has 1 aromatic carbocycles. The van der Waals surface area contributed by atoms with Crippen LogP contribution in [0.5, 0.6) is 5.75 Å². The van der Waals surface area contributed by atoms with Crippen molar-refractivity contribution in [2.45, 2.75) is 12.1 Å². The van der Waals surface area contributed by atoms with Gasteiger partial charge in [-0.05, 0) is 18.2 Å². The van der Waals surface area contributed by atoms with Crippen LogP contribution in [0.3, 0.4) is 0 Å². The predicted octanol–water partition coefficient (Wildman–Crippen LogP) is 3.45. The first-order chi connectivity index (χ1) is 6.49. The van der Waals surface area contributed by atoms with Crippen molar-refractivity contribution in [1.29, 1.82) is 0 Å². The van der Waals surface area contributed by atoms with E-state index >= 15 is 0 Å². The minimum absolute atomic E-state index is 0.00685. The van der Waals surface area contributed by atoms with Crippen LogP contribution in [0.25, 0.3) is 0 Å². The third-order valence-electron chi connectivity index (χ3n) is 1.75.